The minimum absolute atomic E-state index is 0.0196. The fourth-order valence-corrected chi connectivity index (χ4v) is 5.41. The van der Waals surface area contributed by atoms with Crippen molar-refractivity contribution in [3.8, 4) is 17.2 Å². The number of benzene rings is 2. The molecule has 0 amide bonds. The number of nitro groups is 1. The molecule has 224 valence electrons. The highest BCUT2D eigenvalue weighted by atomic mass is 32.2. The van der Waals surface area contributed by atoms with Crippen LogP contribution in [-0.4, -0.2) is 68.0 Å². The lowest BCUT2D eigenvalue weighted by atomic mass is 9.75. The second-order valence-corrected chi connectivity index (χ2v) is 9.83. The monoisotopic (exact) mass is 600 g/mol. The van der Waals surface area contributed by atoms with Crippen LogP contribution in [0.4, 0.5) is 5.69 Å². The Kier molecular flexibility index (Phi) is 11.1. The SMILES string of the molecule is CCOC(=O)C1=C(CSC(=O)c2cc(OC)c(OC)c(OC)c2)N=C(C)C(C(=O)OCC)C1c1cccc([N+](=O)[O-])c1. The average molecular weight is 601 g/mol. The van der Waals surface area contributed by atoms with Crippen LogP contribution in [0.2, 0.25) is 0 Å². The van der Waals surface area contributed by atoms with Crippen molar-refractivity contribution in [2.45, 2.75) is 26.7 Å². The van der Waals surface area contributed by atoms with Crippen molar-refractivity contribution in [2.24, 2.45) is 10.9 Å². The summed E-state index contributed by atoms with van der Waals surface area (Å²) in [5.41, 5.74) is 0.919. The van der Waals surface area contributed by atoms with Gasteiger partial charge in [0, 0.05) is 35.1 Å². The van der Waals surface area contributed by atoms with Gasteiger partial charge in [0.15, 0.2) is 11.5 Å². The highest BCUT2D eigenvalue weighted by molar-refractivity contribution is 8.14. The zero-order valence-corrected chi connectivity index (χ0v) is 24.9. The fraction of sp³-hybridized carbons (Fsp3) is 0.379. The van der Waals surface area contributed by atoms with E-state index in [1.165, 1.54) is 51.7 Å². The summed E-state index contributed by atoms with van der Waals surface area (Å²) in [5.74, 6) is -2.61. The third-order valence-corrected chi connectivity index (χ3v) is 7.35. The standard InChI is InChI=1S/C29H32N2O10S/c1-7-40-27(32)23-16(3)30-20(15-42-29(34)18-13-21(37-4)26(39-6)22(14-18)38-5)25(28(33)41-8-2)24(23)17-10-9-11-19(12-17)31(35)36/h9-14,23-24H,7-8,15H2,1-6H3. The molecule has 0 radical (unpaired) electrons. The summed E-state index contributed by atoms with van der Waals surface area (Å²) in [6, 6.07) is 8.70. The summed E-state index contributed by atoms with van der Waals surface area (Å²) in [6.07, 6.45) is 0. The smallest absolute Gasteiger partial charge is 0.336 e. The van der Waals surface area contributed by atoms with Crippen LogP contribution in [0.3, 0.4) is 0 Å². The molecule has 1 aliphatic heterocycles. The summed E-state index contributed by atoms with van der Waals surface area (Å²) in [7, 11) is 4.32. The van der Waals surface area contributed by atoms with Crippen LogP contribution in [0.15, 0.2) is 52.7 Å². The number of aliphatic imine (C=N–C) groups is 1. The molecule has 1 aliphatic rings. The molecule has 0 aromatic heterocycles. The summed E-state index contributed by atoms with van der Waals surface area (Å²) in [6.45, 7) is 4.99. The first-order chi connectivity index (χ1) is 20.1. The lowest BCUT2D eigenvalue weighted by Crippen LogP contribution is -2.37. The van der Waals surface area contributed by atoms with E-state index in [2.05, 4.69) is 4.99 Å². The number of carbonyl (C=O) groups is 3. The van der Waals surface area contributed by atoms with E-state index in [1.807, 2.05) is 0 Å². The molecule has 2 aromatic rings. The van der Waals surface area contributed by atoms with Crippen LogP contribution in [-0.2, 0) is 19.1 Å². The van der Waals surface area contributed by atoms with Gasteiger partial charge in [0.25, 0.3) is 5.69 Å². The lowest BCUT2D eigenvalue weighted by Gasteiger charge is -2.32. The molecule has 0 N–H and O–H groups in total. The van der Waals surface area contributed by atoms with E-state index in [1.54, 1.807) is 26.8 Å². The van der Waals surface area contributed by atoms with Gasteiger partial charge in [0.05, 0.1) is 50.7 Å². The maximum absolute atomic E-state index is 13.4. The van der Waals surface area contributed by atoms with Gasteiger partial charge in [0.1, 0.15) is 5.92 Å². The number of carbonyl (C=O) groups excluding carboxylic acids is 3. The number of non-ortho nitro benzene ring substituents is 1. The number of esters is 2. The van der Waals surface area contributed by atoms with E-state index >= 15 is 0 Å². The Morgan fingerprint density at radius 2 is 1.62 bits per heavy atom. The van der Waals surface area contributed by atoms with Gasteiger partial charge in [-0.05, 0) is 38.5 Å². The fourth-order valence-electron chi connectivity index (χ4n) is 4.64. The molecular formula is C29H32N2O10S. The van der Waals surface area contributed by atoms with Crippen molar-refractivity contribution in [2.75, 3.05) is 40.3 Å². The highest BCUT2D eigenvalue weighted by Crippen LogP contribution is 2.43. The quantitative estimate of drug-likeness (QED) is 0.188. The van der Waals surface area contributed by atoms with Gasteiger partial charge in [-0.2, -0.15) is 0 Å². The van der Waals surface area contributed by atoms with Crippen molar-refractivity contribution in [3.05, 3.63) is 68.9 Å². The summed E-state index contributed by atoms with van der Waals surface area (Å²) in [5, 5.41) is 11.2. The third-order valence-electron chi connectivity index (χ3n) is 6.43. The topological polar surface area (TPSA) is 153 Å². The predicted octanol–water partition coefficient (Wildman–Crippen LogP) is 4.75. The maximum Gasteiger partial charge on any atom is 0.336 e. The molecule has 2 aromatic carbocycles. The molecule has 13 heteroatoms. The Morgan fingerprint density at radius 3 is 2.17 bits per heavy atom. The van der Waals surface area contributed by atoms with Gasteiger partial charge >= 0.3 is 11.9 Å². The lowest BCUT2D eigenvalue weighted by molar-refractivity contribution is -0.384. The largest absolute Gasteiger partial charge is 0.493 e. The molecule has 42 heavy (non-hydrogen) atoms. The normalized spacial score (nSPS) is 16.3. The van der Waals surface area contributed by atoms with Crippen LogP contribution in [0.5, 0.6) is 17.2 Å². The second-order valence-electron chi connectivity index (χ2n) is 8.88. The minimum atomic E-state index is -1.05. The number of nitrogens with zero attached hydrogens (tertiary/aromatic N) is 2. The number of methoxy groups -OCH3 is 3. The molecular weight excluding hydrogens is 568 g/mol. The van der Waals surface area contributed by atoms with Crippen LogP contribution in [0, 0.1) is 16.0 Å². The number of hydrogen-bond donors (Lipinski definition) is 0. The van der Waals surface area contributed by atoms with Crippen molar-refractivity contribution in [3.63, 3.8) is 0 Å². The van der Waals surface area contributed by atoms with Crippen molar-refractivity contribution < 1.29 is 43.0 Å². The molecule has 3 rings (SSSR count). The Labute approximate surface area is 247 Å². The van der Waals surface area contributed by atoms with Crippen molar-refractivity contribution in [1.29, 1.82) is 0 Å². The van der Waals surface area contributed by atoms with E-state index in [0.29, 0.717) is 28.5 Å². The summed E-state index contributed by atoms with van der Waals surface area (Å²) in [4.78, 5) is 55.5. The van der Waals surface area contributed by atoms with Crippen LogP contribution in [0.25, 0.3) is 0 Å². The van der Waals surface area contributed by atoms with Gasteiger partial charge < -0.3 is 23.7 Å². The molecule has 2 atom stereocenters. The van der Waals surface area contributed by atoms with E-state index in [0.717, 1.165) is 11.8 Å². The van der Waals surface area contributed by atoms with Crippen LogP contribution in [0.1, 0.15) is 42.6 Å². The van der Waals surface area contributed by atoms with Gasteiger partial charge in [-0.15, -0.1) is 0 Å². The molecule has 0 saturated heterocycles. The summed E-state index contributed by atoms with van der Waals surface area (Å²) < 4.78 is 26.7. The molecule has 2 unspecified atom stereocenters. The molecule has 0 bridgehead atoms. The molecule has 12 nitrogen and oxygen atoms in total. The second kappa shape index (κ2) is 14.5. The third kappa shape index (κ3) is 6.90. The molecule has 0 aliphatic carbocycles. The number of rotatable bonds is 12. The van der Waals surface area contributed by atoms with E-state index < -0.39 is 28.7 Å². The first-order valence-corrected chi connectivity index (χ1v) is 13.9. The van der Waals surface area contributed by atoms with Gasteiger partial charge in [-0.25, -0.2) is 4.79 Å². The zero-order valence-electron chi connectivity index (χ0n) is 24.1. The van der Waals surface area contributed by atoms with Crippen LogP contribution >= 0.6 is 11.8 Å². The van der Waals surface area contributed by atoms with Crippen molar-refractivity contribution >= 4 is 40.2 Å². The minimum Gasteiger partial charge on any atom is -0.493 e. The Balaban J connectivity index is 2.12. The Bertz CT molecular complexity index is 1410. The Morgan fingerprint density at radius 1 is 0.976 bits per heavy atom. The Hall–Kier alpha value is -4.39. The van der Waals surface area contributed by atoms with Gasteiger partial charge in [-0.1, -0.05) is 23.9 Å². The molecule has 1 heterocycles. The summed E-state index contributed by atoms with van der Waals surface area (Å²) >= 11 is 0.866. The molecule has 0 saturated carbocycles. The van der Waals surface area contributed by atoms with E-state index in [-0.39, 0.29) is 46.6 Å². The zero-order chi connectivity index (χ0) is 31.0. The van der Waals surface area contributed by atoms with E-state index in [9.17, 15) is 24.5 Å². The highest BCUT2D eigenvalue weighted by Gasteiger charge is 2.43. The first kappa shape index (κ1) is 32.1. The van der Waals surface area contributed by atoms with Crippen molar-refractivity contribution in [1.82, 2.24) is 0 Å². The number of thioether (sulfide) groups is 1. The van der Waals surface area contributed by atoms with E-state index in [4.69, 9.17) is 23.7 Å². The molecule has 0 fully saturated rings. The molecule has 0 spiro atoms. The number of hydrogen-bond acceptors (Lipinski definition) is 12. The first-order valence-electron chi connectivity index (χ1n) is 12.9. The number of ether oxygens (including phenoxy) is 5. The van der Waals surface area contributed by atoms with Crippen LogP contribution < -0.4 is 14.2 Å². The predicted molar refractivity (Wildman–Crippen MR) is 156 cm³/mol. The number of nitro benzene ring substituents is 1. The van der Waals surface area contributed by atoms with Gasteiger partial charge in [0.2, 0.25) is 10.9 Å². The maximum atomic E-state index is 13.4. The average Bonchev–Trinajstić information content (AvgIpc) is 2.98. The van der Waals surface area contributed by atoms with Gasteiger partial charge in [-0.3, -0.25) is 24.7 Å².